The number of methoxy groups -OCH3 is 2. The molecule has 1 aliphatic carbocycles. The van der Waals surface area contributed by atoms with Gasteiger partial charge in [0, 0.05) is 11.1 Å². The van der Waals surface area contributed by atoms with Crippen molar-refractivity contribution in [1.82, 2.24) is 4.98 Å². The minimum atomic E-state index is -0.256. The molecule has 112 valence electrons. The maximum absolute atomic E-state index is 12.2. The quantitative estimate of drug-likeness (QED) is 0.678. The number of aromatic amines is 1. The molecule has 0 spiro atoms. The van der Waals surface area contributed by atoms with Crippen LogP contribution >= 0.6 is 11.6 Å². The van der Waals surface area contributed by atoms with Crippen LogP contribution in [-0.4, -0.2) is 25.2 Å². The Kier molecular flexibility index (Phi) is 3.81. The lowest BCUT2D eigenvalue weighted by Crippen LogP contribution is -2.14. The molecule has 3 rings (SSSR count). The van der Waals surface area contributed by atoms with E-state index in [1.165, 1.54) is 7.11 Å². The Morgan fingerprint density at radius 3 is 2.86 bits per heavy atom. The summed E-state index contributed by atoms with van der Waals surface area (Å²) in [7, 11) is 3.07. The third-order valence-electron chi connectivity index (χ3n) is 4.21. The van der Waals surface area contributed by atoms with E-state index >= 15 is 0 Å². The molecule has 21 heavy (non-hydrogen) atoms. The van der Waals surface area contributed by atoms with Gasteiger partial charge in [-0.05, 0) is 37.0 Å². The maximum Gasteiger partial charge on any atom is 0.313 e. The lowest BCUT2D eigenvalue weighted by atomic mass is 9.93. The molecule has 0 bridgehead atoms. The van der Waals surface area contributed by atoms with Crippen molar-refractivity contribution in [3.63, 3.8) is 0 Å². The molecule has 4 nitrogen and oxygen atoms in total. The first-order valence-corrected chi connectivity index (χ1v) is 7.50. The number of hydrogen-bond donors (Lipinski definition) is 1. The number of aryl methyl sites for hydroxylation is 1. The molecule has 0 aliphatic heterocycles. The Balaban J connectivity index is 2.31. The first kappa shape index (κ1) is 14.3. The number of carbonyl (C=O) groups excluding carboxylic acids is 1. The Bertz CT molecular complexity index is 692. The number of aromatic nitrogens is 1. The summed E-state index contributed by atoms with van der Waals surface area (Å²) >= 11 is 6.30. The number of nitrogens with one attached hydrogen (secondary N) is 1. The predicted molar refractivity (Wildman–Crippen MR) is 82.2 cm³/mol. The highest BCUT2D eigenvalue weighted by Crippen LogP contribution is 2.42. The van der Waals surface area contributed by atoms with Gasteiger partial charge in [0.15, 0.2) is 0 Å². The van der Waals surface area contributed by atoms with E-state index in [2.05, 4.69) is 4.98 Å². The third kappa shape index (κ3) is 2.27. The van der Waals surface area contributed by atoms with E-state index in [9.17, 15) is 4.79 Å². The molecule has 1 heterocycles. The van der Waals surface area contributed by atoms with E-state index in [0.29, 0.717) is 5.02 Å². The third-order valence-corrected chi connectivity index (χ3v) is 4.53. The Morgan fingerprint density at radius 2 is 2.14 bits per heavy atom. The van der Waals surface area contributed by atoms with Gasteiger partial charge in [-0.15, -0.1) is 0 Å². The Labute approximate surface area is 128 Å². The second kappa shape index (κ2) is 5.60. The van der Waals surface area contributed by atoms with Crippen molar-refractivity contribution in [2.75, 3.05) is 14.2 Å². The molecular weight excluding hydrogens is 290 g/mol. The fourth-order valence-corrected chi connectivity index (χ4v) is 3.45. The van der Waals surface area contributed by atoms with Gasteiger partial charge in [0.2, 0.25) is 0 Å². The van der Waals surface area contributed by atoms with Gasteiger partial charge >= 0.3 is 5.97 Å². The fraction of sp³-hybridized carbons (Fsp3) is 0.438. The minimum absolute atomic E-state index is 0.193. The summed E-state index contributed by atoms with van der Waals surface area (Å²) in [6, 6.07) is 3.66. The smallest absolute Gasteiger partial charge is 0.313 e. The van der Waals surface area contributed by atoms with E-state index < -0.39 is 0 Å². The van der Waals surface area contributed by atoms with Crippen molar-refractivity contribution < 1.29 is 14.3 Å². The van der Waals surface area contributed by atoms with Crippen molar-refractivity contribution in [1.29, 1.82) is 0 Å². The molecule has 5 heteroatoms. The van der Waals surface area contributed by atoms with E-state index in [-0.39, 0.29) is 11.9 Å². The molecule has 0 amide bonds. The molecule has 2 aromatic rings. The van der Waals surface area contributed by atoms with Crippen LogP contribution in [0.2, 0.25) is 5.02 Å². The number of fused-ring (bicyclic) bond motifs is 3. The van der Waals surface area contributed by atoms with Gasteiger partial charge in [-0.2, -0.15) is 0 Å². The van der Waals surface area contributed by atoms with Gasteiger partial charge in [0.25, 0.3) is 0 Å². The monoisotopic (exact) mass is 307 g/mol. The molecular formula is C16H18ClNO3. The van der Waals surface area contributed by atoms with Crippen molar-refractivity contribution in [3.05, 3.63) is 28.4 Å². The first-order valence-electron chi connectivity index (χ1n) is 7.12. The summed E-state index contributed by atoms with van der Waals surface area (Å²) in [5.41, 5.74) is 2.91. The number of rotatable bonds is 2. The van der Waals surface area contributed by atoms with E-state index in [1.807, 2.05) is 12.1 Å². The number of ether oxygens (including phenoxy) is 2. The molecule has 1 unspecified atom stereocenters. The molecule has 1 aliphatic rings. The average molecular weight is 308 g/mol. The average Bonchev–Trinajstić information content (AvgIpc) is 2.75. The Morgan fingerprint density at radius 1 is 1.33 bits per heavy atom. The summed E-state index contributed by atoms with van der Waals surface area (Å²) in [5.74, 6) is 0.289. The van der Waals surface area contributed by atoms with Crippen LogP contribution in [-0.2, 0) is 16.0 Å². The minimum Gasteiger partial charge on any atom is -0.496 e. The normalized spacial score (nSPS) is 18.1. The summed E-state index contributed by atoms with van der Waals surface area (Å²) < 4.78 is 10.5. The number of benzene rings is 1. The van der Waals surface area contributed by atoms with E-state index in [1.54, 1.807) is 7.11 Å². The maximum atomic E-state index is 12.2. The van der Waals surface area contributed by atoms with Crippen molar-refractivity contribution in [3.8, 4) is 5.75 Å². The SMILES string of the molecule is COC(=O)C1CCCCc2[nH]c3c(Cl)ccc(OC)c3c21. The highest BCUT2D eigenvalue weighted by atomic mass is 35.5. The van der Waals surface area contributed by atoms with Crippen LogP contribution in [0.25, 0.3) is 10.9 Å². The van der Waals surface area contributed by atoms with E-state index in [0.717, 1.165) is 53.6 Å². The largest absolute Gasteiger partial charge is 0.496 e. The van der Waals surface area contributed by atoms with Gasteiger partial charge in [0.05, 0.1) is 30.7 Å². The van der Waals surface area contributed by atoms with E-state index in [4.69, 9.17) is 21.1 Å². The molecule has 1 aromatic heterocycles. The standard InChI is InChI=1S/C16H18ClNO3/c1-20-12-8-7-10(17)15-14(12)13-9(16(19)21-2)5-3-4-6-11(13)18-15/h7-9,18H,3-6H2,1-2H3. The molecule has 0 fully saturated rings. The Hall–Kier alpha value is -1.68. The molecule has 1 aromatic carbocycles. The zero-order chi connectivity index (χ0) is 15.0. The number of carbonyl (C=O) groups is 1. The number of esters is 1. The van der Waals surface area contributed by atoms with Crippen LogP contribution in [0, 0.1) is 0 Å². The second-order valence-electron chi connectivity index (χ2n) is 5.34. The van der Waals surface area contributed by atoms with Gasteiger partial charge in [-0.1, -0.05) is 18.0 Å². The molecule has 0 saturated carbocycles. The lowest BCUT2D eigenvalue weighted by molar-refractivity contribution is -0.142. The summed E-state index contributed by atoms with van der Waals surface area (Å²) in [4.78, 5) is 15.6. The first-order chi connectivity index (χ1) is 10.2. The second-order valence-corrected chi connectivity index (χ2v) is 5.75. The van der Waals surface area contributed by atoms with Crippen LogP contribution in [0.5, 0.6) is 5.75 Å². The molecule has 1 N–H and O–H groups in total. The zero-order valence-electron chi connectivity index (χ0n) is 12.2. The van der Waals surface area contributed by atoms with Gasteiger partial charge in [0.1, 0.15) is 5.75 Å². The van der Waals surface area contributed by atoms with Gasteiger partial charge in [-0.3, -0.25) is 4.79 Å². The topological polar surface area (TPSA) is 51.3 Å². The highest BCUT2D eigenvalue weighted by molar-refractivity contribution is 6.35. The molecule has 0 saturated heterocycles. The van der Waals surface area contributed by atoms with Crippen molar-refractivity contribution in [2.24, 2.45) is 0 Å². The number of H-pyrrole nitrogens is 1. The number of halogens is 1. The van der Waals surface area contributed by atoms with Crippen LogP contribution in [0.1, 0.15) is 36.4 Å². The molecule has 1 atom stereocenters. The number of hydrogen-bond acceptors (Lipinski definition) is 3. The van der Waals surface area contributed by atoms with Crippen molar-refractivity contribution in [2.45, 2.75) is 31.6 Å². The summed E-state index contributed by atoms with van der Waals surface area (Å²) in [6.07, 6.45) is 3.76. The summed E-state index contributed by atoms with van der Waals surface area (Å²) in [6.45, 7) is 0. The van der Waals surface area contributed by atoms with Crippen molar-refractivity contribution >= 4 is 28.5 Å². The van der Waals surface area contributed by atoms with Gasteiger partial charge < -0.3 is 14.5 Å². The predicted octanol–water partition coefficient (Wildman–Crippen LogP) is 3.81. The fourth-order valence-electron chi connectivity index (χ4n) is 3.24. The van der Waals surface area contributed by atoms with Gasteiger partial charge in [-0.25, -0.2) is 0 Å². The lowest BCUT2D eigenvalue weighted by Gasteiger charge is -2.14. The summed E-state index contributed by atoms with van der Waals surface area (Å²) in [5, 5.41) is 1.56. The van der Waals surface area contributed by atoms with Crippen LogP contribution in [0.4, 0.5) is 0 Å². The van der Waals surface area contributed by atoms with Crippen LogP contribution in [0.15, 0.2) is 12.1 Å². The highest BCUT2D eigenvalue weighted by Gasteiger charge is 2.31. The van der Waals surface area contributed by atoms with Crippen LogP contribution < -0.4 is 4.74 Å². The zero-order valence-corrected chi connectivity index (χ0v) is 12.9. The molecule has 0 radical (unpaired) electrons. The van der Waals surface area contributed by atoms with Crippen LogP contribution in [0.3, 0.4) is 0 Å².